The van der Waals surface area contributed by atoms with Crippen molar-refractivity contribution in [1.82, 2.24) is 0 Å². The molecule has 0 aromatic heterocycles. The second kappa shape index (κ2) is 3.76. The topological polar surface area (TPSA) is 9.23 Å². The third-order valence-electron chi connectivity index (χ3n) is 5.24. The lowest BCUT2D eigenvalue weighted by Gasteiger charge is -2.39. The van der Waals surface area contributed by atoms with Crippen molar-refractivity contribution in [2.24, 2.45) is 17.8 Å². The summed E-state index contributed by atoms with van der Waals surface area (Å²) in [5.74, 6) is 3.00. The summed E-state index contributed by atoms with van der Waals surface area (Å²) < 4.78 is 6.28. The molecule has 86 valence electrons. The fourth-order valence-electron chi connectivity index (χ4n) is 3.68. The molecule has 0 bridgehead atoms. The van der Waals surface area contributed by atoms with Crippen molar-refractivity contribution in [2.45, 2.75) is 63.9 Å². The third-order valence-corrected chi connectivity index (χ3v) is 5.24. The Morgan fingerprint density at radius 2 is 1.80 bits per heavy atom. The Morgan fingerprint density at radius 1 is 1.07 bits per heavy atom. The molecule has 2 aliphatic carbocycles. The van der Waals surface area contributed by atoms with Gasteiger partial charge in [-0.15, -0.1) is 0 Å². The molecule has 1 heteroatoms. The molecule has 3 rings (SSSR count). The van der Waals surface area contributed by atoms with E-state index in [9.17, 15) is 0 Å². The van der Waals surface area contributed by atoms with Crippen LogP contribution in [-0.4, -0.2) is 12.2 Å². The zero-order chi connectivity index (χ0) is 10.3. The Hall–Kier alpha value is -0.0400. The maximum Gasteiger partial charge on any atom is 0.0683 e. The fourth-order valence-corrected chi connectivity index (χ4v) is 3.68. The third kappa shape index (κ3) is 1.95. The van der Waals surface area contributed by atoms with Gasteiger partial charge in [-0.2, -0.15) is 0 Å². The Kier molecular flexibility index (Phi) is 2.54. The molecule has 2 saturated carbocycles. The lowest BCUT2D eigenvalue weighted by atomic mass is 9.75. The first-order chi connectivity index (χ1) is 7.31. The van der Waals surface area contributed by atoms with Crippen LogP contribution < -0.4 is 0 Å². The van der Waals surface area contributed by atoms with Crippen molar-refractivity contribution < 1.29 is 4.74 Å². The largest absolute Gasteiger partial charge is 0.375 e. The molecule has 0 amide bonds. The van der Waals surface area contributed by atoms with E-state index in [0.717, 1.165) is 24.4 Å². The number of rotatable bonds is 1. The van der Waals surface area contributed by atoms with Crippen molar-refractivity contribution in [3.63, 3.8) is 0 Å². The summed E-state index contributed by atoms with van der Waals surface area (Å²) in [5.41, 5.74) is 0.332. The first-order valence-electron chi connectivity index (χ1n) is 6.95. The molecule has 0 N–H and O–H groups in total. The van der Waals surface area contributed by atoms with Crippen LogP contribution in [0.25, 0.3) is 0 Å². The Balaban J connectivity index is 1.60. The van der Waals surface area contributed by atoms with Gasteiger partial charge >= 0.3 is 0 Å². The Bertz CT molecular complexity index is 213. The maximum atomic E-state index is 6.28. The van der Waals surface area contributed by atoms with Gasteiger partial charge in [0.05, 0.1) is 12.2 Å². The quantitative estimate of drug-likeness (QED) is 0.637. The minimum absolute atomic E-state index is 0.332. The molecule has 0 radical (unpaired) electrons. The predicted molar refractivity (Wildman–Crippen MR) is 61.8 cm³/mol. The van der Waals surface area contributed by atoms with Crippen LogP contribution in [0.3, 0.4) is 0 Å². The van der Waals surface area contributed by atoms with Crippen molar-refractivity contribution in [3.8, 4) is 0 Å². The molecule has 1 heterocycles. The van der Waals surface area contributed by atoms with Crippen LogP contribution in [0, 0.1) is 17.8 Å². The molecule has 0 aromatic rings. The molecule has 3 fully saturated rings. The van der Waals surface area contributed by atoms with Crippen LogP contribution in [-0.2, 0) is 4.74 Å². The zero-order valence-electron chi connectivity index (χ0n) is 10.0. The van der Waals surface area contributed by atoms with Crippen LogP contribution in [0.1, 0.15) is 58.3 Å². The van der Waals surface area contributed by atoms with E-state index in [2.05, 4.69) is 6.92 Å². The summed E-state index contributed by atoms with van der Waals surface area (Å²) in [7, 11) is 0. The van der Waals surface area contributed by atoms with E-state index in [1.165, 1.54) is 51.4 Å². The van der Waals surface area contributed by atoms with Gasteiger partial charge in [0.2, 0.25) is 0 Å². The van der Waals surface area contributed by atoms with Gasteiger partial charge in [-0.05, 0) is 62.7 Å². The Labute approximate surface area is 93.6 Å². The fraction of sp³-hybridized carbons (Fsp3) is 1.00. The molecule has 1 aliphatic heterocycles. The first kappa shape index (κ1) is 10.1. The maximum absolute atomic E-state index is 6.28. The normalized spacial score (nSPS) is 49.8. The molecule has 15 heavy (non-hydrogen) atoms. The number of hydrogen-bond donors (Lipinski definition) is 0. The average molecular weight is 208 g/mol. The van der Waals surface area contributed by atoms with E-state index >= 15 is 0 Å². The van der Waals surface area contributed by atoms with E-state index in [0.29, 0.717) is 5.60 Å². The van der Waals surface area contributed by atoms with Gasteiger partial charge in [0.15, 0.2) is 0 Å². The second-order valence-corrected chi connectivity index (χ2v) is 6.14. The summed E-state index contributed by atoms with van der Waals surface area (Å²) in [6, 6.07) is 0. The van der Waals surface area contributed by atoms with Gasteiger partial charge in [0.1, 0.15) is 0 Å². The molecule has 0 aromatic carbocycles. The minimum atomic E-state index is 0.332. The molecule has 2 atom stereocenters. The highest BCUT2D eigenvalue weighted by molar-refractivity contribution is 4.96. The summed E-state index contributed by atoms with van der Waals surface area (Å²) in [4.78, 5) is 0. The molecule has 0 unspecified atom stereocenters. The van der Waals surface area contributed by atoms with Crippen LogP contribution in [0.4, 0.5) is 0 Å². The van der Waals surface area contributed by atoms with E-state index < -0.39 is 0 Å². The summed E-state index contributed by atoms with van der Waals surface area (Å²) in [6.07, 6.45) is 11.2. The highest BCUT2D eigenvalue weighted by Gasteiger charge is 2.45. The summed E-state index contributed by atoms with van der Waals surface area (Å²) >= 11 is 0. The number of hydrogen-bond acceptors (Lipinski definition) is 1. The van der Waals surface area contributed by atoms with Crippen molar-refractivity contribution in [1.29, 1.82) is 0 Å². The van der Waals surface area contributed by atoms with Gasteiger partial charge < -0.3 is 4.74 Å². The van der Waals surface area contributed by atoms with Crippen LogP contribution in [0.2, 0.25) is 0 Å². The van der Waals surface area contributed by atoms with Crippen LogP contribution >= 0.6 is 0 Å². The predicted octanol–water partition coefficient (Wildman–Crippen LogP) is 3.77. The van der Waals surface area contributed by atoms with E-state index in [1.54, 1.807) is 0 Å². The molecule has 1 saturated heterocycles. The van der Waals surface area contributed by atoms with Gasteiger partial charge in [-0.3, -0.25) is 0 Å². The van der Waals surface area contributed by atoms with Crippen LogP contribution in [0.15, 0.2) is 0 Å². The van der Waals surface area contributed by atoms with E-state index in [4.69, 9.17) is 4.74 Å². The van der Waals surface area contributed by atoms with Crippen molar-refractivity contribution in [3.05, 3.63) is 0 Å². The average Bonchev–Trinajstić information content (AvgIpc) is 3.03. The molecule has 3 aliphatic rings. The molecule has 1 spiro atoms. The van der Waals surface area contributed by atoms with Gasteiger partial charge in [-0.25, -0.2) is 0 Å². The monoisotopic (exact) mass is 208 g/mol. The highest BCUT2D eigenvalue weighted by Crippen LogP contribution is 2.50. The lowest BCUT2D eigenvalue weighted by Crippen LogP contribution is -2.37. The molecular weight excluding hydrogens is 184 g/mol. The van der Waals surface area contributed by atoms with E-state index in [1.807, 2.05) is 0 Å². The molecule has 1 nitrogen and oxygen atoms in total. The van der Waals surface area contributed by atoms with Gasteiger partial charge in [-0.1, -0.05) is 13.3 Å². The first-order valence-corrected chi connectivity index (χ1v) is 6.95. The SMILES string of the molecule is CCC1CCC2(CC1)CC[C@H]1C[C@H]1CO2. The van der Waals surface area contributed by atoms with Gasteiger partial charge in [0.25, 0.3) is 0 Å². The van der Waals surface area contributed by atoms with Crippen LogP contribution in [0.5, 0.6) is 0 Å². The number of ether oxygens (including phenoxy) is 1. The van der Waals surface area contributed by atoms with Crippen molar-refractivity contribution in [2.75, 3.05) is 6.61 Å². The lowest BCUT2D eigenvalue weighted by molar-refractivity contribution is -0.0816. The zero-order valence-corrected chi connectivity index (χ0v) is 10.0. The molecular formula is C14H24O. The Morgan fingerprint density at radius 3 is 2.53 bits per heavy atom. The smallest absolute Gasteiger partial charge is 0.0683 e. The number of fused-ring (bicyclic) bond motifs is 1. The standard InChI is InChI=1S/C14H24O/c1-2-11-3-6-14(7-4-11)8-5-12-9-13(12)10-15-14/h11-13H,2-10H2,1H3/t11?,12-,13-,14?/m0/s1. The minimum Gasteiger partial charge on any atom is -0.375 e. The highest BCUT2D eigenvalue weighted by atomic mass is 16.5. The summed E-state index contributed by atoms with van der Waals surface area (Å²) in [6.45, 7) is 3.42. The van der Waals surface area contributed by atoms with E-state index in [-0.39, 0.29) is 0 Å². The van der Waals surface area contributed by atoms with Crippen molar-refractivity contribution >= 4 is 0 Å². The second-order valence-electron chi connectivity index (χ2n) is 6.14. The summed E-state index contributed by atoms with van der Waals surface area (Å²) in [5, 5.41) is 0. The van der Waals surface area contributed by atoms with Gasteiger partial charge in [0, 0.05) is 0 Å².